The van der Waals surface area contributed by atoms with Gasteiger partial charge in [-0.15, -0.1) is 0 Å². The van der Waals surface area contributed by atoms with Gasteiger partial charge in [-0.2, -0.15) is 0 Å². The minimum absolute atomic E-state index is 0.0663. The van der Waals surface area contributed by atoms with Crippen LogP contribution in [0.5, 0.6) is 0 Å². The SMILES string of the molecule is CC(C)CC(=O)N1CCC(NCc2cc[nH]c(=O)c2)CC1. The normalized spacial score (nSPS) is 16.4. The molecule has 0 saturated carbocycles. The van der Waals surface area contributed by atoms with Gasteiger partial charge in [-0.05, 0) is 30.4 Å². The lowest BCUT2D eigenvalue weighted by atomic mass is 10.0. The average Bonchev–Trinajstić information content (AvgIpc) is 2.45. The highest BCUT2D eigenvalue weighted by molar-refractivity contribution is 5.76. The molecule has 0 unspecified atom stereocenters. The maximum Gasteiger partial charge on any atom is 0.248 e. The molecule has 0 atom stereocenters. The number of amides is 1. The molecular formula is C16H25N3O2. The Morgan fingerprint density at radius 1 is 1.43 bits per heavy atom. The summed E-state index contributed by atoms with van der Waals surface area (Å²) in [6, 6.07) is 3.96. The van der Waals surface area contributed by atoms with Gasteiger partial charge >= 0.3 is 0 Å². The van der Waals surface area contributed by atoms with Crippen LogP contribution in [0.1, 0.15) is 38.7 Å². The van der Waals surface area contributed by atoms with E-state index in [1.165, 1.54) is 0 Å². The third-order valence-corrected chi connectivity index (χ3v) is 3.86. The molecule has 0 aromatic carbocycles. The molecule has 0 bridgehead atoms. The molecule has 0 spiro atoms. The zero-order chi connectivity index (χ0) is 15.2. The third-order valence-electron chi connectivity index (χ3n) is 3.86. The van der Waals surface area contributed by atoms with Crippen molar-refractivity contribution in [3.05, 3.63) is 34.2 Å². The van der Waals surface area contributed by atoms with E-state index in [0.717, 1.165) is 31.5 Å². The summed E-state index contributed by atoms with van der Waals surface area (Å²) >= 11 is 0. The van der Waals surface area contributed by atoms with E-state index in [1.807, 2.05) is 11.0 Å². The van der Waals surface area contributed by atoms with Crippen LogP contribution >= 0.6 is 0 Å². The number of piperidine rings is 1. The van der Waals surface area contributed by atoms with Gasteiger partial charge in [0.2, 0.25) is 11.5 Å². The number of rotatable bonds is 5. The van der Waals surface area contributed by atoms with Crippen LogP contribution in [-0.2, 0) is 11.3 Å². The van der Waals surface area contributed by atoms with Crippen LogP contribution in [0.25, 0.3) is 0 Å². The van der Waals surface area contributed by atoms with Crippen molar-refractivity contribution >= 4 is 5.91 Å². The van der Waals surface area contributed by atoms with Crippen LogP contribution < -0.4 is 10.9 Å². The lowest BCUT2D eigenvalue weighted by molar-refractivity contribution is -0.133. The van der Waals surface area contributed by atoms with Crippen LogP contribution in [-0.4, -0.2) is 34.9 Å². The van der Waals surface area contributed by atoms with Gasteiger partial charge < -0.3 is 15.2 Å². The van der Waals surface area contributed by atoms with Gasteiger partial charge in [-0.3, -0.25) is 9.59 Å². The Labute approximate surface area is 125 Å². The van der Waals surface area contributed by atoms with Gasteiger partial charge in [0.05, 0.1) is 0 Å². The van der Waals surface area contributed by atoms with E-state index in [1.54, 1.807) is 12.3 Å². The first-order chi connectivity index (χ1) is 10.0. The molecule has 2 heterocycles. The van der Waals surface area contributed by atoms with E-state index < -0.39 is 0 Å². The number of hydrogen-bond acceptors (Lipinski definition) is 3. The summed E-state index contributed by atoms with van der Waals surface area (Å²) in [7, 11) is 0. The van der Waals surface area contributed by atoms with Crippen LogP contribution in [0.4, 0.5) is 0 Å². The number of carbonyl (C=O) groups excluding carboxylic acids is 1. The second-order valence-electron chi connectivity index (χ2n) is 6.20. The number of H-pyrrole nitrogens is 1. The van der Waals surface area contributed by atoms with Gasteiger partial charge in [0.15, 0.2) is 0 Å². The molecule has 1 amide bonds. The monoisotopic (exact) mass is 291 g/mol. The Hall–Kier alpha value is -1.62. The van der Waals surface area contributed by atoms with Crippen molar-refractivity contribution in [3.63, 3.8) is 0 Å². The van der Waals surface area contributed by atoms with E-state index in [-0.39, 0.29) is 11.5 Å². The first-order valence-electron chi connectivity index (χ1n) is 7.73. The molecule has 1 aromatic rings. The summed E-state index contributed by atoms with van der Waals surface area (Å²) in [6.07, 6.45) is 4.28. The first kappa shape index (κ1) is 15.8. The molecule has 1 aliphatic heterocycles. The Bertz CT molecular complexity index is 516. The molecule has 2 rings (SSSR count). The van der Waals surface area contributed by atoms with Crippen LogP contribution in [0.3, 0.4) is 0 Å². The van der Waals surface area contributed by atoms with Crippen molar-refractivity contribution in [2.75, 3.05) is 13.1 Å². The van der Waals surface area contributed by atoms with Crippen LogP contribution in [0, 0.1) is 5.92 Å². The highest BCUT2D eigenvalue weighted by Crippen LogP contribution is 2.14. The highest BCUT2D eigenvalue weighted by Gasteiger charge is 2.22. The fourth-order valence-electron chi connectivity index (χ4n) is 2.67. The molecule has 0 aliphatic carbocycles. The molecule has 5 nitrogen and oxygen atoms in total. The Morgan fingerprint density at radius 2 is 2.14 bits per heavy atom. The number of nitrogens with one attached hydrogen (secondary N) is 2. The molecule has 1 fully saturated rings. The van der Waals surface area contributed by atoms with Crippen molar-refractivity contribution in [1.82, 2.24) is 15.2 Å². The number of nitrogens with zero attached hydrogens (tertiary/aromatic N) is 1. The first-order valence-corrected chi connectivity index (χ1v) is 7.73. The van der Waals surface area contributed by atoms with E-state index >= 15 is 0 Å². The van der Waals surface area contributed by atoms with Crippen molar-refractivity contribution in [3.8, 4) is 0 Å². The Kier molecular flexibility index (Phi) is 5.56. The predicted molar refractivity (Wildman–Crippen MR) is 83.0 cm³/mol. The number of aromatic nitrogens is 1. The van der Waals surface area contributed by atoms with Gasteiger partial charge in [0.25, 0.3) is 0 Å². The molecule has 5 heteroatoms. The average molecular weight is 291 g/mol. The lowest BCUT2D eigenvalue weighted by Crippen LogP contribution is -2.45. The van der Waals surface area contributed by atoms with Crippen LogP contribution in [0.15, 0.2) is 23.1 Å². The Balaban J connectivity index is 1.74. The maximum absolute atomic E-state index is 12.0. The topological polar surface area (TPSA) is 65.2 Å². The smallest absolute Gasteiger partial charge is 0.248 e. The molecule has 0 radical (unpaired) electrons. The molecule has 2 N–H and O–H groups in total. The quantitative estimate of drug-likeness (QED) is 0.864. The zero-order valence-electron chi connectivity index (χ0n) is 12.9. The summed E-state index contributed by atoms with van der Waals surface area (Å²) in [4.78, 5) is 27.8. The van der Waals surface area contributed by atoms with Crippen molar-refractivity contribution in [1.29, 1.82) is 0 Å². The number of hydrogen-bond donors (Lipinski definition) is 2. The van der Waals surface area contributed by atoms with Gasteiger partial charge in [0, 0.05) is 44.4 Å². The van der Waals surface area contributed by atoms with Gasteiger partial charge in [-0.1, -0.05) is 13.8 Å². The summed E-state index contributed by atoms with van der Waals surface area (Å²) < 4.78 is 0. The number of likely N-dealkylation sites (tertiary alicyclic amines) is 1. The fourth-order valence-corrected chi connectivity index (χ4v) is 2.67. The van der Waals surface area contributed by atoms with Crippen molar-refractivity contribution in [2.45, 2.75) is 45.7 Å². The molecule has 1 aromatic heterocycles. The third kappa shape index (κ3) is 5.01. The summed E-state index contributed by atoms with van der Waals surface area (Å²) in [6.45, 7) is 6.52. The van der Waals surface area contributed by atoms with E-state index in [0.29, 0.717) is 24.9 Å². The molecule has 1 aliphatic rings. The molecular weight excluding hydrogens is 266 g/mol. The maximum atomic E-state index is 12.0. The van der Waals surface area contributed by atoms with Crippen molar-refractivity contribution < 1.29 is 4.79 Å². The van der Waals surface area contributed by atoms with E-state index in [4.69, 9.17) is 0 Å². The van der Waals surface area contributed by atoms with Gasteiger partial charge in [-0.25, -0.2) is 0 Å². The van der Waals surface area contributed by atoms with E-state index in [2.05, 4.69) is 24.1 Å². The standard InChI is InChI=1S/C16H25N3O2/c1-12(2)9-16(21)19-7-4-14(5-8-19)18-11-13-3-6-17-15(20)10-13/h3,6,10,12,14,18H,4-5,7-9,11H2,1-2H3,(H,17,20). The number of aromatic amines is 1. The van der Waals surface area contributed by atoms with Crippen molar-refractivity contribution in [2.24, 2.45) is 5.92 Å². The predicted octanol–water partition coefficient (Wildman–Crippen LogP) is 1.50. The molecule has 21 heavy (non-hydrogen) atoms. The lowest BCUT2D eigenvalue weighted by Gasteiger charge is -2.33. The summed E-state index contributed by atoms with van der Waals surface area (Å²) in [5.41, 5.74) is 0.931. The number of pyridine rings is 1. The molecule has 116 valence electrons. The number of carbonyl (C=O) groups is 1. The fraction of sp³-hybridized carbons (Fsp3) is 0.625. The minimum atomic E-state index is -0.0663. The minimum Gasteiger partial charge on any atom is -0.343 e. The largest absolute Gasteiger partial charge is 0.343 e. The zero-order valence-corrected chi connectivity index (χ0v) is 12.9. The Morgan fingerprint density at radius 3 is 2.76 bits per heavy atom. The summed E-state index contributed by atoms with van der Waals surface area (Å²) in [5, 5.41) is 3.47. The van der Waals surface area contributed by atoms with Crippen LogP contribution in [0.2, 0.25) is 0 Å². The second-order valence-corrected chi connectivity index (χ2v) is 6.20. The highest BCUT2D eigenvalue weighted by atomic mass is 16.2. The van der Waals surface area contributed by atoms with E-state index in [9.17, 15) is 9.59 Å². The second kappa shape index (κ2) is 7.41. The summed E-state index contributed by atoms with van der Waals surface area (Å²) in [5.74, 6) is 0.697. The van der Waals surface area contributed by atoms with Gasteiger partial charge in [0.1, 0.15) is 0 Å². The molecule has 1 saturated heterocycles.